The van der Waals surface area contributed by atoms with Crippen molar-refractivity contribution in [3.63, 3.8) is 0 Å². The molecule has 3 rings (SSSR count). The standard InChI is InChI=1S/C17H31N3O2/c1-14(2)20-9-10-22-16(13-20)11-17(21)19-7-5-18(6-8-19)12-15-3-4-15/h14-16H,3-13H2,1-2H3/t16-/m1/s1. The average molecular weight is 309 g/mol. The van der Waals surface area contributed by atoms with E-state index < -0.39 is 0 Å². The van der Waals surface area contributed by atoms with Crippen LogP contribution in [0, 0.1) is 5.92 Å². The number of hydrogen-bond acceptors (Lipinski definition) is 4. The molecule has 0 unspecified atom stereocenters. The largest absolute Gasteiger partial charge is 0.375 e. The number of ether oxygens (including phenoxy) is 1. The highest BCUT2D eigenvalue weighted by molar-refractivity contribution is 5.76. The molecule has 0 aromatic heterocycles. The van der Waals surface area contributed by atoms with E-state index in [1.165, 1.54) is 19.4 Å². The monoisotopic (exact) mass is 309 g/mol. The fraction of sp³-hybridized carbons (Fsp3) is 0.941. The second-order valence-corrected chi connectivity index (χ2v) is 7.41. The minimum absolute atomic E-state index is 0.0770. The highest BCUT2D eigenvalue weighted by Gasteiger charge is 2.30. The molecule has 1 saturated carbocycles. The van der Waals surface area contributed by atoms with E-state index in [2.05, 4.69) is 23.6 Å². The summed E-state index contributed by atoms with van der Waals surface area (Å²) in [4.78, 5) is 19.5. The number of morpholine rings is 1. The van der Waals surface area contributed by atoms with Crippen LogP contribution in [0.5, 0.6) is 0 Å². The number of nitrogens with zero attached hydrogens (tertiary/aromatic N) is 3. The van der Waals surface area contributed by atoms with Crippen molar-refractivity contribution in [3.05, 3.63) is 0 Å². The highest BCUT2D eigenvalue weighted by atomic mass is 16.5. The lowest BCUT2D eigenvalue weighted by Gasteiger charge is -2.38. The summed E-state index contributed by atoms with van der Waals surface area (Å²) in [5, 5.41) is 0. The number of carbonyl (C=O) groups excluding carboxylic acids is 1. The molecule has 22 heavy (non-hydrogen) atoms. The lowest BCUT2D eigenvalue weighted by Crippen LogP contribution is -2.51. The van der Waals surface area contributed by atoms with Gasteiger partial charge in [-0.15, -0.1) is 0 Å². The Labute approximate surface area is 134 Å². The Kier molecular flexibility index (Phi) is 5.37. The fourth-order valence-electron chi connectivity index (χ4n) is 3.50. The molecule has 0 N–H and O–H groups in total. The molecule has 2 saturated heterocycles. The van der Waals surface area contributed by atoms with Crippen LogP contribution in [0.15, 0.2) is 0 Å². The van der Waals surface area contributed by atoms with Crippen molar-refractivity contribution in [1.29, 1.82) is 0 Å². The normalized spacial score (nSPS) is 28.3. The molecule has 0 bridgehead atoms. The molecule has 1 aliphatic carbocycles. The first-order valence-corrected chi connectivity index (χ1v) is 8.97. The molecule has 0 aromatic carbocycles. The van der Waals surface area contributed by atoms with Crippen molar-refractivity contribution >= 4 is 5.91 Å². The van der Waals surface area contributed by atoms with Gasteiger partial charge in [-0.2, -0.15) is 0 Å². The van der Waals surface area contributed by atoms with Crippen molar-refractivity contribution in [2.75, 3.05) is 52.4 Å². The maximum atomic E-state index is 12.5. The second-order valence-electron chi connectivity index (χ2n) is 7.41. The summed E-state index contributed by atoms with van der Waals surface area (Å²) in [5.41, 5.74) is 0. The first kappa shape index (κ1) is 16.2. The molecule has 3 aliphatic rings. The van der Waals surface area contributed by atoms with Gasteiger partial charge in [0, 0.05) is 51.9 Å². The fourth-order valence-corrected chi connectivity index (χ4v) is 3.50. The predicted octanol–water partition coefficient (Wildman–Crippen LogP) is 1.04. The van der Waals surface area contributed by atoms with Crippen LogP contribution in [0.4, 0.5) is 0 Å². The zero-order valence-corrected chi connectivity index (χ0v) is 14.2. The van der Waals surface area contributed by atoms with E-state index in [-0.39, 0.29) is 12.0 Å². The van der Waals surface area contributed by atoms with Crippen LogP contribution in [-0.4, -0.2) is 85.2 Å². The quantitative estimate of drug-likeness (QED) is 0.760. The van der Waals surface area contributed by atoms with Crippen LogP contribution in [0.2, 0.25) is 0 Å². The molecule has 0 radical (unpaired) electrons. The summed E-state index contributed by atoms with van der Waals surface area (Å²) in [6.07, 6.45) is 3.44. The second kappa shape index (κ2) is 7.28. The minimum atomic E-state index is 0.0770. The molecule has 3 fully saturated rings. The van der Waals surface area contributed by atoms with Gasteiger partial charge < -0.3 is 9.64 Å². The van der Waals surface area contributed by atoms with Crippen molar-refractivity contribution in [1.82, 2.24) is 14.7 Å². The Hall–Kier alpha value is -0.650. The molecule has 5 heteroatoms. The third-order valence-corrected chi connectivity index (χ3v) is 5.24. The number of carbonyl (C=O) groups is 1. The third-order valence-electron chi connectivity index (χ3n) is 5.24. The number of rotatable bonds is 5. The van der Waals surface area contributed by atoms with Gasteiger partial charge in [0.15, 0.2) is 0 Å². The lowest BCUT2D eigenvalue weighted by molar-refractivity contribution is -0.138. The highest BCUT2D eigenvalue weighted by Crippen LogP contribution is 2.30. The molecular formula is C17H31N3O2. The van der Waals surface area contributed by atoms with Crippen LogP contribution >= 0.6 is 0 Å². The summed E-state index contributed by atoms with van der Waals surface area (Å²) in [7, 11) is 0. The Bertz CT molecular complexity index is 376. The van der Waals surface area contributed by atoms with Gasteiger partial charge in [0.25, 0.3) is 0 Å². The first-order valence-electron chi connectivity index (χ1n) is 8.97. The molecule has 2 aliphatic heterocycles. The molecule has 126 valence electrons. The topological polar surface area (TPSA) is 36.0 Å². The first-order chi connectivity index (χ1) is 10.6. The Morgan fingerprint density at radius 1 is 1.14 bits per heavy atom. The van der Waals surface area contributed by atoms with Crippen molar-refractivity contribution in [2.24, 2.45) is 5.92 Å². The molecule has 0 spiro atoms. The summed E-state index contributed by atoms with van der Waals surface area (Å²) in [5.74, 6) is 1.22. The van der Waals surface area contributed by atoms with Crippen LogP contribution in [0.3, 0.4) is 0 Å². The Morgan fingerprint density at radius 2 is 1.86 bits per heavy atom. The van der Waals surface area contributed by atoms with E-state index in [1.807, 2.05) is 4.90 Å². The SMILES string of the molecule is CC(C)N1CCO[C@H](CC(=O)N2CCN(CC3CC3)CC2)C1. The van der Waals surface area contributed by atoms with Crippen molar-refractivity contribution < 1.29 is 9.53 Å². The minimum Gasteiger partial charge on any atom is -0.375 e. The van der Waals surface area contributed by atoms with Gasteiger partial charge in [0.2, 0.25) is 5.91 Å². The average Bonchev–Trinajstić information content (AvgIpc) is 3.32. The zero-order chi connectivity index (χ0) is 15.5. The van der Waals surface area contributed by atoms with Gasteiger partial charge in [0.05, 0.1) is 19.1 Å². The number of piperazine rings is 1. The van der Waals surface area contributed by atoms with E-state index in [4.69, 9.17) is 4.74 Å². The van der Waals surface area contributed by atoms with E-state index in [0.29, 0.717) is 12.5 Å². The molecule has 1 atom stereocenters. The molecular weight excluding hydrogens is 278 g/mol. The van der Waals surface area contributed by atoms with Gasteiger partial charge in [-0.25, -0.2) is 0 Å². The van der Waals surface area contributed by atoms with Gasteiger partial charge >= 0.3 is 0 Å². The van der Waals surface area contributed by atoms with Crippen LogP contribution in [0.25, 0.3) is 0 Å². The van der Waals surface area contributed by atoms with E-state index in [1.54, 1.807) is 0 Å². The molecule has 0 aromatic rings. The van der Waals surface area contributed by atoms with Crippen molar-refractivity contribution in [3.8, 4) is 0 Å². The maximum absolute atomic E-state index is 12.5. The summed E-state index contributed by atoms with van der Waals surface area (Å²) in [6, 6.07) is 0.535. The number of amides is 1. The van der Waals surface area contributed by atoms with Crippen LogP contribution < -0.4 is 0 Å². The zero-order valence-electron chi connectivity index (χ0n) is 14.2. The van der Waals surface area contributed by atoms with Gasteiger partial charge in [0.1, 0.15) is 0 Å². The summed E-state index contributed by atoms with van der Waals surface area (Å²) >= 11 is 0. The molecule has 2 heterocycles. The molecule has 1 amide bonds. The van der Waals surface area contributed by atoms with Gasteiger partial charge in [-0.05, 0) is 32.6 Å². The van der Waals surface area contributed by atoms with Gasteiger partial charge in [-0.1, -0.05) is 0 Å². The van der Waals surface area contributed by atoms with Crippen molar-refractivity contribution in [2.45, 2.75) is 45.3 Å². The third kappa shape index (κ3) is 4.43. The van der Waals surface area contributed by atoms with Crippen LogP contribution in [0.1, 0.15) is 33.1 Å². The summed E-state index contributed by atoms with van der Waals surface area (Å²) in [6.45, 7) is 12.2. The summed E-state index contributed by atoms with van der Waals surface area (Å²) < 4.78 is 5.80. The van der Waals surface area contributed by atoms with Crippen LogP contribution in [-0.2, 0) is 9.53 Å². The van der Waals surface area contributed by atoms with Gasteiger partial charge in [-0.3, -0.25) is 14.6 Å². The maximum Gasteiger partial charge on any atom is 0.225 e. The Balaban J connectivity index is 1.40. The lowest BCUT2D eigenvalue weighted by atomic mass is 10.1. The van der Waals surface area contributed by atoms with E-state index in [9.17, 15) is 4.79 Å². The van der Waals surface area contributed by atoms with E-state index in [0.717, 1.165) is 51.8 Å². The number of hydrogen-bond donors (Lipinski definition) is 0. The van der Waals surface area contributed by atoms with E-state index >= 15 is 0 Å². The Morgan fingerprint density at radius 3 is 2.50 bits per heavy atom. The molecule has 5 nitrogen and oxygen atoms in total. The smallest absolute Gasteiger partial charge is 0.225 e. The predicted molar refractivity (Wildman–Crippen MR) is 86.8 cm³/mol.